The molecule has 158 valence electrons. The number of carbonyl (C=O) groups is 1. The first-order valence-corrected chi connectivity index (χ1v) is 9.99. The third kappa shape index (κ3) is 6.10. The molecule has 2 heterocycles. The van der Waals surface area contributed by atoms with Gasteiger partial charge in [0.1, 0.15) is 5.82 Å². The smallest absolute Gasteiger partial charge is 0.220 e. The van der Waals surface area contributed by atoms with E-state index in [1.54, 1.807) is 0 Å². The third-order valence-corrected chi connectivity index (χ3v) is 5.55. The maximum Gasteiger partial charge on any atom is 0.220 e. The van der Waals surface area contributed by atoms with E-state index in [1.165, 1.54) is 18.4 Å². The molecular weight excluding hydrogens is 395 g/mol. The molecule has 0 aliphatic carbocycles. The van der Waals surface area contributed by atoms with Gasteiger partial charge in [-0.1, -0.05) is 19.1 Å². The number of hydrogen-bond acceptors (Lipinski definition) is 3. The van der Waals surface area contributed by atoms with E-state index in [4.69, 9.17) is 4.98 Å². The average Bonchev–Trinajstić information content (AvgIpc) is 3.00. The molecule has 1 unspecified atom stereocenters. The minimum absolute atomic E-state index is 0. The molecule has 1 atom stereocenters. The van der Waals surface area contributed by atoms with Crippen LogP contribution in [0, 0.1) is 11.8 Å². The van der Waals surface area contributed by atoms with Crippen molar-refractivity contribution in [3.05, 3.63) is 30.1 Å². The van der Waals surface area contributed by atoms with Gasteiger partial charge in [0.25, 0.3) is 0 Å². The number of rotatable bonds is 7. The van der Waals surface area contributed by atoms with Crippen molar-refractivity contribution in [2.24, 2.45) is 11.8 Å². The lowest BCUT2D eigenvalue weighted by atomic mass is 9.84. The summed E-state index contributed by atoms with van der Waals surface area (Å²) in [5.74, 6) is 2.35. The van der Waals surface area contributed by atoms with Gasteiger partial charge >= 0.3 is 0 Å². The fraction of sp³-hybridized carbons (Fsp3) is 0.619. The van der Waals surface area contributed by atoms with Crippen LogP contribution in [-0.2, 0) is 11.2 Å². The van der Waals surface area contributed by atoms with E-state index in [0.29, 0.717) is 30.8 Å². The molecule has 0 saturated carbocycles. The number of halogens is 2. The van der Waals surface area contributed by atoms with Crippen LogP contribution in [-0.4, -0.2) is 35.1 Å². The number of para-hydroxylation sites is 2. The number of fused-ring (bicyclic) bond motifs is 1. The van der Waals surface area contributed by atoms with Crippen molar-refractivity contribution < 1.29 is 4.79 Å². The lowest BCUT2D eigenvalue weighted by molar-refractivity contribution is -0.122. The minimum Gasteiger partial charge on any atom is -0.356 e. The number of carbonyl (C=O) groups excluding carboxylic acids is 1. The monoisotopic (exact) mass is 428 g/mol. The van der Waals surface area contributed by atoms with Gasteiger partial charge in [-0.15, -0.1) is 24.8 Å². The van der Waals surface area contributed by atoms with Crippen molar-refractivity contribution in [1.29, 1.82) is 0 Å². The van der Waals surface area contributed by atoms with Crippen LogP contribution in [0.4, 0.5) is 0 Å². The standard InChI is InChI=1S/C21H32N4O.2ClH/c1-15(2)25-19-7-5-4-6-18(19)24-20(25)10-13-23-21(26)14-16(3)17-8-11-22-12-9-17;;/h4-7,15-17,22H,8-14H2,1-3H3,(H,23,26);2*1H. The normalized spacial score (nSPS) is 15.7. The van der Waals surface area contributed by atoms with Gasteiger partial charge in [-0.05, 0) is 63.7 Å². The first-order valence-electron chi connectivity index (χ1n) is 9.99. The van der Waals surface area contributed by atoms with Crippen LogP contribution in [0.2, 0.25) is 0 Å². The molecule has 7 heteroatoms. The van der Waals surface area contributed by atoms with Crippen LogP contribution in [0.15, 0.2) is 24.3 Å². The van der Waals surface area contributed by atoms with E-state index in [9.17, 15) is 4.79 Å². The topological polar surface area (TPSA) is 59.0 Å². The summed E-state index contributed by atoms with van der Waals surface area (Å²) in [7, 11) is 0. The second kappa shape index (κ2) is 11.6. The third-order valence-electron chi connectivity index (χ3n) is 5.55. The van der Waals surface area contributed by atoms with E-state index in [0.717, 1.165) is 30.9 Å². The van der Waals surface area contributed by atoms with Crippen molar-refractivity contribution in [2.75, 3.05) is 19.6 Å². The van der Waals surface area contributed by atoms with Crippen LogP contribution in [0.3, 0.4) is 0 Å². The summed E-state index contributed by atoms with van der Waals surface area (Å²) in [6.07, 6.45) is 3.77. The number of hydrogen-bond donors (Lipinski definition) is 2. The summed E-state index contributed by atoms with van der Waals surface area (Å²) in [4.78, 5) is 17.1. The molecule has 1 aliphatic heterocycles. The fourth-order valence-corrected chi connectivity index (χ4v) is 4.11. The Hall–Kier alpha value is -1.30. The number of nitrogens with one attached hydrogen (secondary N) is 2. The van der Waals surface area contributed by atoms with Gasteiger partial charge in [0.05, 0.1) is 11.0 Å². The number of benzene rings is 1. The quantitative estimate of drug-likeness (QED) is 0.696. The Morgan fingerprint density at radius 3 is 2.57 bits per heavy atom. The second-order valence-electron chi connectivity index (χ2n) is 7.85. The average molecular weight is 429 g/mol. The first kappa shape index (κ1) is 24.7. The van der Waals surface area contributed by atoms with E-state index in [2.05, 4.69) is 54.2 Å². The number of aromatic nitrogens is 2. The Labute approximate surface area is 180 Å². The summed E-state index contributed by atoms with van der Waals surface area (Å²) in [5, 5.41) is 6.49. The van der Waals surface area contributed by atoms with Gasteiger partial charge in [0, 0.05) is 25.4 Å². The molecule has 28 heavy (non-hydrogen) atoms. The first-order chi connectivity index (χ1) is 12.6. The lowest BCUT2D eigenvalue weighted by Crippen LogP contribution is -2.34. The highest BCUT2D eigenvalue weighted by Gasteiger charge is 2.22. The van der Waals surface area contributed by atoms with Crippen LogP contribution < -0.4 is 10.6 Å². The fourth-order valence-electron chi connectivity index (χ4n) is 4.11. The van der Waals surface area contributed by atoms with Gasteiger partial charge in [0.15, 0.2) is 0 Å². The van der Waals surface area contributed by atoms with Crippen molar-refractivity contribution in [3.8, 4) is 0 Å². The molecule has 1 saturated heterocycles. The highest BCUT2D eigenvalue weighted by atomic mass is 35.5. The molecule has 2 N–H and O–H groups in total. The van der Waals surface area contributed by atoms with Gasteiger partial charge in [-0.2, -0.15) is 0 Å². The predicted octanol–water partition coefficient (Wildman–Crippen LogP) is 4.15. The maximum atomic E-state index is 12.3. The van der Waals surface area contributed by atoms with E-state index in [-0.39, 0.29) is 30.7 Å². The zero-order chi connectivity index (χ0) is 18.5. The number of nitrogens with zero attached hydrogens (tertiary/aromatic N) is 2. The Balaban J connectivity index is 0.00000196. The lowest BCUT2D eigenvalue weighted by Gasteiger charge is -2.27. The van der Waals surface area contributed by atoms with Crippen molar-refractivity contribution in [1.82, 2.24) is 20.2 Å². The van der Waals surface area contributed by atoms with Crippen molar-refractivity contribution >= 4 is 41.8 Å². The molecular formula is C21H34Cl2N4O. The number of amides is 1. The Bertz CT molecular complexity index is 741. The summed E-state index contributed by atoms with van der Waals surface area (Å²) < 4.78 is 2.28. The van der Waals surface area contributed by atoms with E-state index < -0.39 is 0 Å². The van der Waals surface area contributed by atoms with Crippen LogP contribution in [0.1, 0.15) is 51.9 Å². The highest BCUT2D eigenvalue weighted by molar-refractivity contribution is 5.85. The van der Waals surface area contributed by atoms with Gasteiger partial charge in [-0.3, -0.25) is 4.79 Å². The summed E-state index contributed by atoms with van der Waals surface area (Å²) in [6, 6.07) is 8.60. The molecule has 3 rings (SSSR count). The molecule has 2 aromatic rings. The van der Waals surface area contributed by atoms with Crippen molar-refractivity contribution in [3.63, 3.8) is 0 Å². The molecule has 1 aromatic heterocycles. The molecule has 1 fully saturated rings. The number of imidazole rings is 1. The molecule has 1 aromatic carbocycles. The highest BCUT2D eigenvalue weighted by Crippen LogP contribution is 2.24. The molecule has 0 bridgehead atoms. The minimum atomic E-state index is 0. The number of piperidine rings is 1. The zero-order valence-corrected chi connectivity index (χ0v) is 18.7. The second-order valence-corrected chi connectivity index (χ2v) is 7.85. The SMILES string of the molecule is CC(CC(=O)NCCc1nc2ccccc2n1C(C)C)C1CCNCC1.Cl.Cl. The van der Waals surface area contributed by atoms with Crippen molar-refractivity contribution in [2.45, 2.75) is 52.5 Å². The summed E-state index contributed by atoms with van der Waals surface area (Å²) in [6.45, 7) is 9.39. The van der Waals surface area contributed by atoms with E-state index >= 15 is 0 Å². The van der Waals surface area contributed by atoms with Gasteiger partial charge < -0.3 is 15.2 Å². The molecule has 1 aliphatic rings. The van der Waals surface area contributed by atoms with Crippen LogP contribution >= 0.6 is 24.8 Å². The zero-order valence-electron chi connectivity index (χ0n) is 17.1. The molecule has 0 radical (unpaired) electrons. The largest absolute Gasteiger partial charge is 0.356 e. The van der Waals surface area contributed by atoms with Crippen LogP contribution in [0.5, 0.6) is 0 Å². The van der Waals surface area contributed by atoms with E-state index in [1.807, 2.05) is 6.07 Å². The van der Waals surface area contributed by atoms with Gasteiger partial charge in [0.2, 0.25) is 5.91 Å². The van der Waals surface area contributed by atoms with Gasteiger partial charge in [-0.25, -0.2) is 4.98 Å². The Morgan fingerprint density at radius 2 is 1.89 bits per heavy atom. The maximum absolute atomic E-state index is 12.3. The Morgan fingerprint density at radius 1 is 1.21 bits per heavy atom. The summed E-state index contributed by atoms with van der Waals surface area (Å²) in [5.41, 5.74) is 2.20. The molecule has 5 nitrogen and oxygen atoms in total. The molecule has 1 amide bonds. The predicted molar refractivity (Wildman–Crippen MR) is 121 cm³/mol. The Kier molecular flexibility index (Phi) is 10.3. The van der Waals surface area contributed by atoms with Crippen LogP contribution in [0.25, 0.3) is 11.0 Å². The summed E-state index contributed by atoms with van der Waals surface area (Å²) >= 11 is 0. The molecule has 0 spiro atoms.